The fourth-order valence-corrected chi connectivity index (χ4v) is 3.54. The van der Waals surface area contributed by atoms with Crippen LogP contribution in [-0.2, 0) is 18.4 Å². The molecule has 7 nitrogen and oxygen atoms in total. The van der Waals surface area contributed by atoms with Crippen LogP contribution in [0.4, 0.5) is 10.1 Å². The number of rotatable bonds is 4. The molecule has 0 aliphatic rings. The third-order valence-corrected chi connectivity index (χ3v) is 5.29. The van der Waals surface area contributed by atoms with Crippen LogP contribution in [0.5, 0.6) is 0 Å². The zero-order chi connectivity index (χ0) is 22.3. The molecule has 1 N–H and O–H groups in total. The fraction of sp³-hybridized carbons (Fsp3) is 0.174. The third-order valence-electron chi connectivity index (χ3n) is 5.29. The lowest BCUT2D eigenvalue weighted by molar-refractivity contribution is -0.116. The summed E-state index contributed by atoms with van der Waals surface area (Å²) in [4.78, 5) is 39.2. The van der Waals surface area contributed by atoms with Gasteiger partial charge in [-0.1, -0.05) is 17.7 Å². The van der Waals surface area contributed by atoms with E-state index in [1.54, 1.807) is 29.8 Å². The predicted octanol–water partition coefficient (Wildman–Crippen LogP) is 2.89. The first-order chi connectivity index (χ1) is 14.8. The van der Waals surface area contributed by atoms with Crippen molar-refractivity contribution in [2.45, 2.75) is 20.4 Å². The van der Waals surface area contributed by atoms with Crippen LogP contribution < -0.4 is 16.6 Å². The maximum absolute atomic E-state index is 13.4. The average Bonchev–Trinajstić information content (AvgIpc) is 3.03. The van der Waals surface area contributed by atoms with E-state index in [1.807, 2.05) is 26.0 Å². The van der Waals surface area contributed by atoms with Crippen LogP contribution in [0.1, 0.15) is 11.3 Å². The zero-order valence-electron chi connectivity index (χ0n) is 17.3. The summed E-state index contributed by atoms with van der Waals surface area (Å²) in [7, 11) is 1.72. The second kappa shape index (κ2) is 7.71. The molecule has 4 aromatic rings. The van der Waals surface area contributed by atoms with Gasteiger partial charge in [-0.25, -0.2) is 13.8 Å². The SMILES string of the molecule is Cc1ccc(NC(=O)Cn2c(=O)n(-c3ccc(F)cc3)c(=O)c3c2cc(C)n3C)cc1. The van der Waals surface area contributed by atoms with Crippen molar-refractivity contribution < 1.29 is 9.18 Å². The Morgan fingerprint density at radius 3 is 2.29 bits per heavy atom. The number of benzene rings is 2. The summed E-state index contributed by atoms with van der Waals surface area (Å²) in [6.07, 6.45) is 0. The topological polar surface area (TPSA) is 78.0 Å². The van der Waals surface area contributed by atoms with Crippen LogP contribution in [0.3, 0.4) is 0 Å². The van der Waals surface area contributed by atoms with Gasteiger partial charge in [0, 0.05) is 18.4 Å². The minimum Gasteiger partial charge on any atom is -0.342 e. The molecule has 0 radical (unpaired) electrons. The normalized spacial score (nSPS) is 11.1. The van der Waals surface area contributed by atoms with E-state index < -0.39 is 23.0 Å². The van der Waals surface area contributed by atoms with Crippen LogP contribution in [0.2, 0.25) is 0 Å². The number of aryl methyl sites for hydroxylation is 3. The Kier molecular flexibility index (Phi) is 5.06. The van der Waals surface area contributed by atoms with Gasteiger partial charge in [-0.3, -0.25) is 14.2 Å². The lowest BCUT2D eigenvalue weighted by atomic mass is 10.2. The highest BCUT2D eigenvalue weighted by molar-refractivity contribution is 5.91. The molecule has 158 valence electrons. The highest BCUT2D eigenvalue weighted by Crippen LogP contribution is 2.16. The van der Waals surface area contributed by atoms with Gasteiger partial charge in [0.1, 0.15) is 17.9 Å². The van der Waals surface area contributed by atoms with Crippen molar-refractivity contribution in [1.82, 2.24) is 13.7 Å². The molecule has 8 heteroatoms. The Balaban J connectivity index is 1.85. The number of aromatic nitrogens is 3. The molecule has 0 aliphatic carbocycles. The lowest BCUT2D eigenvalue weighted by Gasteiger charge is -2.13. The lowest BCUT2D eigenvalue weighted by Crippen LogP contribution is -2.41. The summed E-state index contributed by atoms with van der Waals surface area (Å²) in [5.41, 5.74) is 2.10. The number of amides is 1. The van der Waals surface area contributed by atoms with Gasteiger partial charge in [-0.15, -0.1) is 0 Å². The van der Waals surface area contributed by atoms with Gasteiger partial charge in [0.05, 0.1) is 11.2 Å². The van der Waals surface area contributed by atoms with Gasteiger partial charge in [-0.2, -0.15) is 0 Å². The molecule has 31 heavy (non-hydrogen) atoms. The number of anilines is 1. The summed E-state index contributed by atoms with van der Waals surface area (Å²) >= 11 is 0. The first kappa shape index (κ1) is 20.3. The van der Waals surface area contributed by atoms with Crippen molar-refractivity contribution in [2.75, 3.05) is 5.32 Å². The number of nitrogens with one attached hydrogen (secondary N) is 1. The number of hydrogen-bond acceptors (Lipinski definition) is 3. The number of fused-ring (bicyclic) bond motifs is 1. The summed E-state index contributed by atoms with van der Waals surface area (Å²) < 4.78 is 17.3. The standard InChI is InChI=1S/C23H21FN4O3/c1-14-4-8-17(9-5-14)25-20(29)13-27-19-12-15(2)26(3)21(19)22(30)28(23(27)31)18-10-6-16(24)7-11-18/h4-12H,13H2,1-3H3,(H,25,29). The Hall–Kier alpha value is -3.94. The van der Waals surface area contributed by atoms with E-state index in [4.69, 9.17) is 0 Å². The van der Waals surface area contributed by atoms with E-state index in [1.165, 1.54) is 28.8 Å². The van der Waals surface area contributed by atoms with Crippen LogP contribution >= 0.6 is 0 Å². The van der Waals surface area contributed by atoms with Crippen LogP contribution in [0.25, 0.3) is 16.7 Å². The molecule has 0 fully saturated rings. The number of hydrogen-bond donors (Lipinski definition) is 1. The van der Waals surface area contributed by atoms with E-state index in [0.717, 1.165) is 15.8 Å². The minimum atomic E-state index is -0.672. The van der Waals surface area contributed by atoms with E-state index in [2.05, 4.69) is 5.32 Å². The molecule has 0 atom stereocenters. The average molecular weight is 420 g/mol. The summed E-state index contributed by atoms with van der Waals surface area (Å²) in [5.74, 6) is -0.886. The molecule has 2 aromatic heterocycles. The van der Waals surface area contributed by atoms with Crippen molar-refractivity contribution >= 4 is 22.6 Å². The molecule has 0 aliphatic heterocycles. The van der Waals surface area contributed by atoms with Crippen molar-refractivity contribution in [3.05, 3.63) is 92.5 Å². The van der Waals surface area contributed by atoms with Crippen LogP contribution in [0.15, 0.2) is 64.2 Å². The van der Waals surface area contributed by atoms with E-state index in [-0.39, 0.29) is 17.7 Å². The smallest absolute Gasteiger partial charge is 0.336 e. The molecule has 2 heterocycles. The number of carbonyl (C=O) groups is 1. The first-order valence-corrected chi connectivity index (χ1v) is 9.70. The fourth-order valence-electron chi connectivity index (χ4n) is 3.54. The van der Waals surface area contributed by atoms with Crippen molar-refractivity contribution in [3.8, 4) is 5.69 Å². The van der Waals surface area contributed by atoms with E-state index in [9.17, 15) is 18.8 Å². The predicted molar refractivity (Wildman–Crippen MR) is 117 cm³/mol. The van der Waals surface area contributed by atoms with Gasteiger partial charge in [0.25, 0.3) is 5.56 Å². The molecule has 4 rings (SSSR count). The summed E-state index contributed by atoms with van der Waals surface area (Å²) in [5, 5.41) is 2.77. The molecule has 0 spiro atoms. The molecule has 0 bridgehead atoms. The van der Waals surface area contributed by atoms with Crippen molar-refractivity contribution in [1.29, 1.82) is 0 Å². The van der Waals surface area contributed by atoms with Crippen molar-refractivity contribution in [2.24, 2.45) is 7.05 Å². The Bertz CT molecular complexity index is 1410. The first-order valence-electron chi connectivity index (χ1n) is 9.70. The number of carbonyl (C=O) groups excluding carboxylic acids is 1. The van der Waals surface area contributed by atoms with Gasteiger partial charge in [0.15, 0.2) is 0 Å². The maximum Gasteiger partial charge on any atom is 0.336 e. The zero-order valence-corrected chi connectivity index (χ0v) is 17.3. The largest absolute Gasteiger partial charge is 0.342 e. The van der Waals surface area contributed by atoms with Crippen molar-refractivity contribution in [3.63, 3.8) is 0 Å². The Morgan fingerprint density at radius 2 is 1.65 bits per heavy atom. The summed E-state index contributed by atoms with van der Waals surface area (Å²) in [6, 6.07) is 14.1. The minimum absolute atomic E-state index is 0.227. The highest BCUT2D eigenvalue weighted by atomic mass is 19.1. The van der Waals surface area contributed by atoms with Gasteiger partial charge >= 0.3 is 5.69 Å². The quantitative estimate of drug-likeness (QED) is 0.552. The molecular formula is C23H21FN4O3. The Labute approximate surface area is 177 Å². The molecule has 0 saturated heterocycles. The Morgan fingerprint density at radius 1 is 1.00 bits per heavy atom. The van der Waals surface area contributed by atoms with Gasteiger partial charge in [0.2, 0.25) is 5.91 Å². The van der Waals surface area contributed by atoms with E-state index in [0.29, 0.717) is 11.2 Å². The molecule has 0 saturated carbocycles. The van der Waals surface area contributed by atoms with E-state index >= 15 is 0 Å². The van der Waals surface area contributed by atoms with Crippen LogP contribution in [0, 0.1) is 19.7 Å². The van der Waals surface area contributed by atoms with Crippen LogP contribution in [-0.4, -0.2) is 19.6 Å². The molecule has 1 amide bonds. The molecule has 2 aromatic carbocycles. The number of nitrogens with zero attached hydrogens (tertiary/aromatic N) is 3. The highest BCUT2D eigenvalue weighted by Gasteiger charge is 2.20. The monoisotopic (exact) mass is 420 g/mol. The second-order valence-electron chi connectivity index (χ2n) is 7.48. The summed E-state index contributed by atoms with van der Waals surface area (Å²) in [6.45, 7) is 3.47. The van der Waals surface area contributed by atoms with Gasteiger partial charge < -0.3 is 9.88 Å². The van der Waals surface area contributed by atoms with Gasteiger partial charge in [-0.05, 0) is 56.3 Å². The molecular weight excluding hydrogens is 399 g/mol. The molecule has 0 unspecified atom stereocenters. The number of halogens is 1. The second-order valence-corrected chi connectivity index (χ2v) is 7.48. The maximum atomic E-state index is 13.4. The third kappa shape index (κ3) is 3.68.